The van der Waals surface area contributed by atoms with E-state index in [4.69, 9.17) is 9.47 Å². The van der Waals surface area contributed by atoms with E-state index >= 15 is 0 Å². The van der Waals surface area contributed by atoms with Crippen LogP contribution in [0.1, 0.15) is 24.0 Å². The largest absolute Gasteiger partial charge is 0.495 e. The molecule has 0 radical (unpaired) electrons. The van der Waals surface area contributed by atoms with Gasteiger partial charge in [-0.25, -0.2) is 0 Å². The third-order valence-corrected chi connectivity index (χ3v) is 6.31. The molecule has 1 amide bonds. The summed E-state index contributed by atoms with van der Waals surface area (Å²) < 4.78 is 14.2. The summed E-state index contributed by atoms with van der Waals surface area (Å²) in [7, 11) is 1.65. The van der Waals surface area contributed by atoms with Crippen molar-refractivity contribution < 1.29 is 14.3 Å². The quantitative estimate of drug-likeness (QED) is 0.358. The minimum absolute atomic E-state index is 0.196. The Labute approximate surface area is 191 Å². The van der Waals surface area contributed by atoms with Crippen LogP contribution in [0.2, 0.25) is 0 Å². The summed E-state index contributed by atoms with van der Waals surface area (Å²) in [4.78, 5) is 18.9. The lowest BCUT2D eigenvalue weighted by atomic mass is 9.91. The van der Waals surface area contributed by atoms with Crippen molar-refractivity contribution in [2.45, 2.75) is 19.4 Å². The number of hydrogen-bond acceptors (Lipinski definition) is 4. The summed E-state index contributed by atoms with van der Waals surface area (Å²) in [6.45, 7) is 3.72. The van der Waals surface area contributed by atoms with Crippen molar-refractivity contribution in [2.75, 3.05) is 20.3 Å². The van der Waals surface area contributed by atoms with Gasteiger partial charge in [-0.15, -0.1) is 0 Å². The Balaban J connectivity index is 1.84. The molecule has 1 aromatic heterocycles. The number of benzene rings is 3. The number of thiazole rings is 1. The SMILES string of the molecule is CCOCCn1c(=NC(=O)C(c2ccccc2)c2ccccc2)sc2cccc(OC)c21. The number of nitrogens with zero attached hydrogens (tertiary/aromatic N) is 2. The van der Waals surface area contributed by atoms with Crippen LogP contribution in [-0.4, -0.2) is 30.8 Å². The highest BCUT2D eigenvalue weighted by Crippen LogP contribution is 2.29. The van der Waals surface area contributed by atoms with Gasteiger partial charge in [0.2, 0.25) is 0 Å². The number of amides is 1. The first-order valence-electron chi connectivity index (χ1n) is 10.7. The maximum absolute atomic E-state index is 13.6. The van der Waals surface area contributed by atoms with E-state index in [1.165, 1.54) is 11.3 Å². The maximum atomic E-state index is 13.6. The number of carbonyl (C=O) groups excluding carboxylic acids is 1. The van der Waals surface area contributed by atoms with Gasteiger partial charge >= 0.3 is 0 Å². The van der Waals surface area contributed by atoms with Crippen molar-refractivity contribution in [2.24, 2.45) is 4.99 Å². The monoisotopic (exact) mass is 446 g/mol. The van der Waals surface area contributed by atoms with E-state index in [1.54, 1.807) is 7.11 Å². The first kappa shape index (κ1) is 22.0. The molecule has 0 aliphatic heterocycles. The zero-order valence-electron chi connectivity index (χ0n) is 18.2. The normalized spacial score (nSPS) is 11.9. The Hall–Kier alpha value is -3.22. The molecule has 0 bridgehead atoms. The molecule has 1 heterocycles. The second kappa shape index (κ2) is 10.4. The van der Waals surface area contributed by atoms with E-state index in [1.807, 2.05) is 90.4 Å². The van der Waals surface area contributed by atoms with E-state index in [0.29, 0.717) is 24.6 Å². The number of fused-ring (bicyclic) bond motifs is 1. The number of aromatic nitrogens is 1. The first-order chi connectivity index (χ1) is 15.7. The molecule has 0 fully saturated rings. The van der Waals surface area contributed by atoms with Crippen molar-refractivity contribution in [1.82, 2.24) is 4.57 Å². The molecule has 3 aromatic carbocycles. The highest BCUT2D eigenvalue weighted by molar-refractivity contribution is 7.16. The predicted octanol–water partition coefficient (Wildman–Crippen LogP) is 5.01. The fraction of sp³-hybridized carbons (Fsp3) is 0.231. The van der Waals surface area contributed by atoms with Crippen LogP contribution in [0.25, 0.3) is 10.2 Å². The molecule has 32 heavy (non-hydrogen) atoms. The number of ether oxygens (including phenoxy) is 2. The standard InChI is InChI=1S/C26H26N2O3S/c1-3-31-18-17-28-24-21(30-2)15-10-16-22(24)32-26(28)27-25(29)23(19-11-6-4-7-12-19)20-13-8-5-9-14-20/h4-16,23H,3,17-18H2,1-2H3. The Kier molecular flexibility index (Phi) is 7.14. The first-order valence-corrected chi connectivity index (χ1v) is 11.5. The molecule has 0 atom stereocenters. The van der Waals surface area contributed by atoms with Crippen molar-refractivity contribution in [3.63, 3.8) is 0 Å². The minimum Gasteiger partial charge on any atom is -0.495 e. The average molecular weight is 447 g/mol. The highest BCUT2D eigenvalue weighted by Gasteiger charge is 2.23. The molecule has 0 aliphatic carbocycles. The van der Waals surface area contributed by atoms with Gasteiger partial charge in [0.25, 0.3) is 5.91 Å². The molecule has 0 saturated carbocycles. The molecule has 0 saturated heterocycles. The Bertz CT molecular complexity index is 1210. The van der Waals surface area contributed by atoms with Crippen LogP contribution in [0.15, 0.2) is 83.9 Å². The summed E-state index contributed by atoms with van der Waals surface area (Å²) in [6.07, 6.45) is 0. The van der Waals surface area contributed by atoms with Crippen molar-refractivity contribution in [1.29, 1.82) is 0 Å². The zero-order chi connectivity index (χ0) is 22.3. The lowest BCUT2D eigenvalue weighted by molar-refractivity contribution is -0.118. The molecule has 0 spiro atoms. The Morgan fingerprint density at radius 2 is 1.62 bits per heavy atom. The lowest BCUT2D eigenvalue weighted by Gasteiger charge is -2.14. The van der Waals surface area contributed by atoms with Gasteiger partial charge in [0.05, 0.1) is 24.3 Å². The van der Waals surface area contributed by atoms with Crippen LogP contribution in [-0.2, 0) is 16.1 Å². The van der Waals surface area contributed by atoms with E-state index in [0.717, 1.165) is 27.1 Å². The summed E-state index contributed by atoms with van der Waals surface area (Å²) in [5.41, 5.74) is 2.78. The van der Waals surface area contributed by atoms with E-state index in [-0.39, 0.29) is 5.91 Å². The second-order valence-electron chi connectivity index (χ2n) is 7.24. The van der Waals surface area contributed by atoms with Gasteiger partial charge in [-0.3, -0.25) is 4.79 Å². The van der Waals surface area contributed by atoms with E-state index in [9.17, 15) is 4.79 Å². The van der Waals surface area contributed by atoms with Gasteiger partial charge in [-0.2, -0.15) is 4.99 Å². The number of rotatable bonds is 8. The molecular weight excluding hydrogens is 420 g/mol. The smallest absolute Gasteiger partial charge is 0.260 e. The molecule has 5 nitrogen and oxygen atoms in total. The second-order valence-corrected chi connectivity index (χ2v) is 8.25. The summed E-state index contributed by atoms with van der Waals surface area (Å²) >= 11 is 1.49. The van der Waals surface area contributed by atoms with Crippen LogP contribution in [0.4, 0.5) is 0 Å². The Morgan fingerprint density at radius 1 is 0.969 bits per heavy atom. The predicted molar refractivity (Wildman–Crippen MR) is 128 cm³/mol. The summed E-state index contributed by atoms with van der Waals surface area (Å²) in [6, 6.07) is 25.5. The average Bonchev–Trinajstić information content (AvgIpc) is 3.18. The van der Waals surface area contributed by atoms with Crippen molar-refractivity contribution in [3.8, 4) is 5.75 Å². The van der Waals surface area contributed by atoms with Gasteiger partial charge in [0, 0.05) is 13.2 Å². The molecule has 0 N–H and O–H groups in total. The summed E-state index contributed by atoms with van der Waals surface area (Å²) in [5.74, 6) is 0.0924. The molecule has 164 valence electrons. The minimum atomic E-state index is -0.468. The number of methoxy groups -OCH3 is 1. The molecule has 4 rings (SSSR count). The molecule has 0 unspecified atom stereocenters. The number of para-hydroxylation sites is 1. The molecule has 6 heteroatoms. The van der Waals surface area contributed by atoms with Gasteiger partial charge in [-0.1, -0.05) is 78.1 Å². The Morgan fingerprint density at radius 3 is 2.22 bits per heavy atom. The van der Waals surface area contributed by atoms with E-state index < -0.39 is 5.92 Å². The van der Waals surface area contributed by atoms with Crippen LogP contribution >= 0.6 is 11.3 Å². The van der Waals surface area contributed by atoms with Gasteiger partial charge in [0.15, 0.2) is 4.80 Å². The highest BCUT2D eigenvalue weighted by atomic mass is 32.1. The third-order valence-electron chi connectivity index (χ3n) is 5.27. The van der Waals surface area contributed by atoms with Crippen molar-refractivity contribution in [3.05, 3.63) is 94.8 Å². The van der Waals surface area contributed by atoms with E-state index in [2.05, 4.69) is 4.99 Å². The van der Waals surface area contributed by atoms with Gasteiger partial charge in [-0.05, 0) is 30.2 Å². The van der Waals surface area contributed by atoms with Gasteiger partial charge < -0.3 is 14.0 Å². The fourth-order valence-electron chi connectivity index (χ4n) is 3.78. The van der Waals surface area contributed by atoms with Crippen LogP contribution in [0.5, 0.6) is 5.75 Å². The molecule has 4 aromatic rings. The zero-order valence-corrected chi connectivity index (χ0v) is 19.0. The lowest BCUT2D eigenvalue weighted by Crippen LogP contribution is -2.22. The number of hydrogen-bond donors (Lipinski definition) is 0. The third kappa shape index (κ3) is 4.66. The maximum Gasteiger partial charge on any atom is 0.260 e. The van der Waals surface area contributed by atoms with Crippen LogP contribution < -0.4 is 9.54 Å². The van der Waals surface area contributed by atoms with Crippen LogP contribution in [0.3, 0.4) is 0 Å². The van der Waals surface area contributed by atoms with Crippen molar-refractivity contribution >= 4 is 27.5 Å². The fourth-order valence-corrected chi connectivity index (χ4v) is 4.86. The molecule has 0 aliphatic rings. The van der Waals surface area contributed by atoms with Crippen LogP contribution in [0, 0.1) is 0 Å². The molecular formula is C26H26N2O3S. The number of carbonyl (C=O) groups is 1. The topological polar surface area (TPSA) is 52.8 Å². The summed E-state index contributed by atoms with van der Waals surface area (Å²) in [5, 5.41) is 0. The van der Waals surface area contributed by atoms with Gasteiger partial charge in [0.1, 0.15) is 11.3 Å².